The summed E-state index contributed by atoms with van der Waals surface area (Å²) in [5.41, 5.74) is 2.56. The molecule has 1 aromatic heterocycles. The summed E-state index contributed by atoms with van der Waals surface area (Å²) >= 11 is 0. The van der Waals surface area contributed by atoms with E-state index in [1.54, 1.807) is 9.58 Å². The van der Waals surface area contributed by atoms with Crippen molar-refractivity contribution in [2.24, 2.45) is 5.92 Å². The van der Waals surface area contributed by atoms with E-state index in [9.17, 15) is 9.59 Å². The zero-order valence-electron chi connectivity index (χ0n) is 13.5. The van der Waals surface area contributed by atoms with E-state index in [1.165, 1.54) is 0 Å². The normalized spacial score (nSPS) is 15.3. The molecule has 7 nitrogen and oxygen atoms in total. The van der Waals surface area contributed by atoms with Gasteiger partial charge in [-0.2, -0.15) is 5.10 Å². The highest BCUT2D eigenvalue weighted by molar-refractivity contribution is 5.89. The number of amides is 2. The average molecular weight is 328 g/mol. The van der Waals surface area contributed by atoms with Gasteiger partial charge in [0.15, 0.2) is 0 Å². The van der Waals surface area contributed by atoms with Crippen molar-refractivity contribution in [2.75, 3.05) is 18.4 Å². The van der Waals surface area contributed by atoms with Crippen LogP contribution >= 0.6 is 0 Å². The molecule has 2 N–H and O–H groups in total. The summed E-state index contributed by atoms with van der Waals surface area (Å²) in [5, 5.41) is 16.2. The second-order valence-electron chi connectivity index (χ2n) is 5.98. The lowest BCUT2D eigenvalue weighted by Gasteiger charge is -2.30. The van der Waals surface area contributed by atoms with Crippen LogP contribution in [0.15, 0.2) is 36.5 Å². The fourth-order valence-corrected chi connectivity index (χ4v) is 2.79. The average Bonchev–Trinajstić information content (AvgIpc) is 3.02. The van der Waals surface area contributed by atoms with E-state index in [1.807, 2.05) is 43.5 Å². The number of nitrogens with one attached hydrogen (secondary N) is 1. The zero-order valence-corrected chi connectivity index (χ0v) is 13.5. The summed E-state index contributed by atoms with van der Waals surface area (Å²) in [6.07, 6.45) is 2.89. The minimum absolute atomic E-state index is 0.193. The van der Waals surface area contributed by atoms with Gasteiger partial charge in [-0.1, -0.05) is 0 Å². The molecule has 1 aliphatic heterocycles. The quantitative estimate of drug-likeness (QED) is 0.906. The van der Waals surface area contributed by atoms with E-state index in [-0.39, 0.29) is 11.9 Å². The number of piperidine rings is 1. The first-order valence-corrected chi connectivity index (χ1v) is 7.94. The molecule has 0 atom stereocenters. The second-order valence-corrected chi connectivity index (χ2v) is 5.98. The molecule has 1 aliphatic rings. The number of carbonyl (C=O) groups excluding carboxylic acids is 1. The molecular weight excluding hydrogens is 308 g/mol. The van der Waals surface area contributed by atoms with E-state index in [4.69, 9.17) is 5.11 Å². The van der Waals surface area contributed by atoms with E-state index in [0.29, 0.717) is 31.6 Å². The Morgan fingerprint density at radius 2 is 1.83 bits per heavy atom. The number of nitrogens with zero attached hydrogens (tertiary/aromatic N) is 3. The van der Waals surface area contributed by atoms with Crippen molar-refractivity contribution >= 4 is 17.7 Å². The summed E-state index contributed by atoms with van der Waals surface area (Å²) in [5.74, 6) is -1.12. The molecular formula is C17H20N4O3. The Labute approximate surface area is 139 Å². The SMILES string of the molecule is Cc1ccn(-c2ccc(NC(=O)N3CCC(C(=O)O)CC3)cc2)n1. The minimum atomic E-state index is -0.778. The number of aromatic nitrogens is 2. The van der Waals surface area contributed by atoms with Crippen molar-refractivity contribution in [1.82, 2.24) is 14.7 Å². The van der Waals surface area contributed by atoms with Gasteiger partial charge in [0.25, 0.3) is 0 Å². The maximum absolute atomic E-state index is 12.3. The molecule has 0 spiro atoms. The lowest BCUT2D eigenvalue weighted by Crippen LogP contribution is -2.42. The first-order valence-electron chi connectivity index (χ1n) is 7.94. The maximum Gasteiger partial charge on any atom is 0.321 e. The molecule has 0 radical (unpaired) electrons. The lowest BCUT2D eigenvalue weighted by molar-refractivity contribution is -0.143. The molecule has 2 aromatic rings. The van der Waals surface area contributed by atoms with Crippen LogP contribution in [0.1, 0.15) is 18.5 Å². The monoisotopic (exact) mass is 328 g/mol. The van der Waals surface area contributed by atoms with Gasteiger partial charge in [0, 0.05) is 25.0 Å². The molecule has 0 aliphatic carbocycles. The maximum atomic E-state index is 12.3. The molecule has 1 fully saturated rings. The second kappa shape index (κ2) is 6.74. The molecule has 126 valence electrons. The van der Waals surface area contributed by atoms with Crippen LogP contribution in [0.3, 0.4) is 0 Å². The first kappa shape index (κ1) is 16.0. The molecule has 24 heavy (non-hydrogen) atoms. The first-order chi connectivity index (χ1) is 11.5. The van der Waals surface area contributed by atoms with Gasteiger partial charge in [0.2, 0.25) is 0 Å². The number of urea groups is 1. The van der Waals surface area contributed by atoms with E-state index in [0.717, 1.165) is 11.4 Å². The number of aliphatic carboxylic acids is 1. The number of rotatable bonds is 3. The van der Waals surface area contributed by atoms with Crippen LogP contribution in [0, 0.1) is 12.8 Å². The highest BCUT2D eigenvalue weighted by atomic mass is 16.4. The third kappa shape index (κ3) is 3.56. The molecule has 0 unspecified atom stereocenters. The number of benzene rings is 1. The summed E-state index contributed by atoms with van der Waals surface area (Å²) in [7, 11) is 0. The summed E-state index contributed by atoms with van der Waals surface area (Å²) in [4.78, 5) is 24.9. The smallest absolute Gasteiger partial charge is 0.321 e. The number of hydrogen-bond acceptors (Lipinski definition) is 3. The number of likely N-dealkylation sites (tertiary alicyclic amines) is 1. The van der Waals surface area contributed by atoms with Gasteiger partial charge in [-0.25, -0.2) is 9.48 Å². The number of carboxylic acids is 1. The van der Waals surface area contributed by atoms with E-state index < -0.39 is 5.97 Å². The molecule has 7 heteroatoms. The number of carboxylic acid groups (broad SMARTS) is 1. The number of carbonyl (C=O) groups is 2. The molecule has 3 rings (SSSR count). The Morgan fingerprint density at radius 3 is 2.38 bits per heavy atom. The molecule has 2 amide bonds. The molecule has 1 aromatic carbocycles. The summed E-state index contributed by atoms with van der Waals surface area (Å²) < 4.78 is 1.78. The number of hydrogen-bond donors (Lipinski definition) is 2. The molecule has 1 saturated heterocycles. The lowest BCUT2D eigenvalue weighted by atomic mass is 9.97. The predicted octanol–water partition coefficient (Wildman–Crippen LogP) is 2.51. The van der Waals surface area contributed by atoms with Crippen LogP contribution in [-0.4, -0.2) is 44.9 Å². The zero-order chi connectivity index (χ0) is 17.1. The Kier molecular flexibility index (Phi) is 4.50. The predicted molar refractivity (Wildman–Crippen MR) is 89.3 cm³/mol. The van der Waals surface area contributed by atoms with Gasteiger partial charge >= 0.3 is 12.0 Å². The van der Waals surface area contributed by atoms with Gasteiger partial charge in [0.05, 0.1) is 17.3 Å². The van der Waals surface area contributed by atoms with Crippen LogP contribution < -0.4 is 5.32 Å². The van der Waals surface area contributed by atoms with Crippen molar-refractivity contribution in [3.8, 4) is 5.69 Å². The van der Waals surface area contributed by atoms with Crippen molar-refractivity contribution in [2.45, 2.75) is 19.8 Å². The van der Waals surface area contributed by atoms with Crippen molar-refractivity contribution in [3.05, 3.63) is 42.2 Å². The highest BCUT2D eigenvalue weighted by Gasteiger charge is 2.26. The fraction of sp³-hybridized carbons (Fsp3) is 0.353. The third-order valence-electron chi connectivity index (χ3n) is 4.24. The van der Waals surface area contributed by atoms with Crippen LogP contribution in [0.5, 0.6) is 0 Å². The van der Waals surface area contributed by atoms with Gasteiger partial charge in [-0.05, 0) is 50.1 Å². The number of anilines is 1. The highest BCUT2D eigenvalue weighted by Crippen LogP contribution is 2.19. The number of aryl methyl sites for hydroxylation is 1. The van der Waals surface area contributed by atoms with Crippen molar-refractivity contribution < 1.29 is 14.7 Å². The van der Waals surface area contributed by atoms with Crippen LogP contribution in [0.25, 0.3) is 5.69 Å². The largest absolute Gasteiger partial charge is 0.481 e. The van der Waals surface area contributed by atoms with Crippen LogP contribution in [0.4, 0.5) is 10.5 Å². The Balaban J connectivity index is 1.58. The van der Waals surface area contributed by atoms with Crippen LogP contribution in [0.2, 0.25) is 0 Å². The molecule has 2 heterocycles. The van der Waals surface area contributed by atoms with E-state index in [2.05, 4.69) is 10.4 Å². The minimum Gasteiger partial charge on any atom is -0.481 e. The van der Waals surface area contributed by atoms with Gasteiger partial charge in [0.1, 0.15) is 0 Å². The van der Waals surface area contributed by atoms with Crippen LogP contribution in [-0.2, 0) is 4.79 Å². The summed E-state index contributed by atoms with van der Waals surface area (Å²) in [6.45, 7) is 2.86. The Morgan fingerprint density at radius 1 is 1.17 bits per heavy atom. The Bertz CT molecular complexity index is 731. The van der Waals surface area contributed by atoms with Gasteiger partial charge in [-0.15, -0.1) is 0 Å². The third-order valence-corrected chi connectivity index (χ3v) is 4.24. The fourth-order valence-electron chi connectivity index (χ4n) is 2.79. The topological polar surface area (TPSA) is 87.5 Å². The van der Waals surface area contributed by atoms with Crippen molar-refractivity contribution in [3.63, 3.8) is 0 Å². The van der Waals surface area contributed by atoms with Crippen molar-refractivity contribution in [1.29, 1.82) is 0 Å². The van der Waals surface area contributed by atoms with E-state index >= 15 is 0 Å². The Hall–Kier alpha value is -2.83. The van der Waals surface area contributed by atoms with Gasteiger partial charge < -0.3 is 15.3 Å². The molecule has 0 bridgehead atoms. The summed E-state index contributed by atoms with van der Waals surface area (Å²) in [6, 6.07) is 9.16. The molecule has 0 saturated carbocycles. The van der Waals surface area contributed by atoms with Gasteiger partial charge in [-0.3, -0.25) is 4.79 Å². The standard InChI is InChI=1S/C17H20N4O3/c1-12-6-11-21(19-12)15-4-2-14(3-5-15)18-17(24)20-9-7-13(8-10-20)16(22)23/h2-6,11,13H,7-10H2,1H3,(H,18,24)(H,22,23).